The number of amides is 2. The SMILES string of the molecule is [C-]#[N+]c1ccc(-c2cc(C(=O)N[C@@H]3CCN(C(=O)OC(C)(C)C)C3)sc2-c2ccc(OC)c(F)c2)cc1F. The third-order valence-corrected chi connectivity index (χ3v) is 7.11. The van der Waals surface area contributed by atoms with Gasteiger partial charge in [0.2, 0.25) is 5.69 Å². The Kier molecular flexibility index (Phi) is 7.69. The molecule has 1 saturated heterocycles. The highest BCUT2D eigenvalue weighted by molar-refractivity contribution is 7.18. The number of carbonyl (C=O) groups is 2. The molecule has 0 spiro atoms. The second-order valence-electron chi connectivity index (χ2n) is 9.87. The summed E-state index contributed by atoms with van der Waals surface area (Å²) in [7, 11) is 1.37. The van der Waals surface area contributed by atoms with Crippen LogP contribution < -0.4 is 10.1 Å². The van der Waals surface area contributed by atoms with E-state index in [4.69, 9.17) is 16.0 Å². The van der Waals surface area contributed by atoms with Crippen LogP contribution in [0, 0.1) is 18.2 Å². The second-order valence-corrected chi connectivity index (χ2v) is 10.9. The third-order valence-electron chi connectivity index (χ3n) is 5.92. The fourth-order valence-corrected chi connectivity index (χ4v) is 5.21. The molecular weight excluding hydrogens is 512 g/mol. The summed E-state index contributed by atoms with van der Waals surface area (Å²) >= 11 is 1.14. The van der Waals surface area contributed by atoms with E-state index in [2.05, 4.69) is 10.2 Å². The molecule has 3 aromatic rings. The molecule has 7 nitrogen and oxygen atoms in total. The number of benzene rings is 2. The number of nitrogens with one attached hydrogen (secondary N) is 1. The summed E-state index contributed by atoms with van der Waals surface area (Å²) in [5.74, 6) is -1.54. The molecule has 1 atom stereocenters. The van der Waals surface area contributed by atoms with Crippen molar-refractivity contribution in [2.24, 2.45) is 0 Å². The summed E-state index contributed by atoms with van der Waals surface area (Å²) in [4.78, 5) is 31.2. The van der Waals surface area contributed by atoms with Gasteiger partial charge in [-0.25, -0.2) is 18.4 Å². The number of ether oxygens (including phenoxy) is 2. The normalized spacial score (nSPS) is 15.2. The Morgan fingerprint density at radius 2 is 1.82 bits per heavy atom. The van der Waals surface area contributed by atoms with Gasteiger partial charge in [-0.05, 0) is 68.7 Å². The molecule has 4 rings (SSSR count). The average Bonchev–Trinajstić information content (AvgIpc) is 3.51. The van der Waals surface area contributed by atoms with E-state index in [1.54, 1.807) is 43.9 Å². The average molecular weight is 540 g/mol. The van der Waals surface area contributed by atoms with Crippen molar-refractivity contribution in [3.8, 4) is 27.3 Å². The van der Waals surface area contributed by atoms with Gasteiger partial charge in [0.25, 0.3) is 5.91 Å². The Balaban J connectivity index is 1.62. The Morgan fingerprint density at radius 1 is 1.11 bits per heavy atom. The molecule has 2 aromatic carbocycles. The van der Waals surface area contributed by atoms with Crippen LogP contribution in [0.3, 0.4) is 0 Å². The van der Waals surface area contributed by atoms with E-state index in [0.29, 0.717) is 46.0 Å². The molecule has 1 fully saturated rings. The van der Waals surface area contributed by atoms with Crippen molar-refractivity contribution >= 4 is 29.0 Å². The molecule has 1 N–H and O–H groups in total. The molecular formula is C28H27F2N3O4S. The van der Waals surface area contributed by atoms with Crippen molar-refractivity contribution in [1.29, 1.82) is 0 Å². The van der Waals surface area contributed by atoms with Crippen molar-refractivity contribution in [3.63, 3.8) is 0 Å². The molecule has 0 aliphatic carbocycles. The molecule has 1 aliphatic rings. The Bertz CT molecular complexity index is 1420. The molecule has 2 amide bonds. The van der Waals surface area contributed by atoms with Crippen LogP contribution in [0.4, 0.5) is 19.3 Å². The lowest BCUT2D eigenvalue weighted by Gasteiger charge is -2.24. The number of thiophene rings is 1. The first-order valence-corrected chi connectivity index (χ1v) is 12.7. The van der Waals surface area contributed by atoms with Crippen molar-refractivity contribution in [1.82, 2.24) is 10.2 Å². The third kappa shape index (κ3) is 5.94. The quantitative estimate of drug-likeness (QED) is 0.368. The van der Waals surface area contributed by atoms with E-state index in [0.717, 1.165) is 11.3 Å². The summed E-state index contributed by atoms with van der Waals surface area (Å²) in [5.41, 5.74) is 0.745. The largest absolute Gasteiger partial charge is 0.494 e. The first-order valence-electron chi connectivity index (χ1n) is 11.9. The maximum Gasteiger partial charge on any atom is 0.410 e. The molecule has 0 unspecified atom stereocenters. The highest BCUT2D eigenvalue weighted by Gasteiger charge is 2.31. The molecule has 2 heterocycles. The lowest BCUT2D eigenvalue weighted by Crippen LogP contribution is -2.40. The van der Waals surface area contributed by atoms with Gasteiger partial charge in [0.1, 0.15) is 11.4 Å². The summed E-state index contributed by atoms with van der Waals surface area (Å²) < 4.78 is 39.4. The predicted molar refractivity (Wildman–Crippen MR) is 142 cm³/mol. The highest BCUT2D eigenvalue weighted by Crippen LogP contribution is 2.41. The number of nitrogens with zero attached hydrogens (tertiary/aromatic N) is 2. The number of methoxy groups -OCH3 is 1. The lowest BCUT2D eigenvalue weighted by atomic mass is 10.0. The summed E-state index contributed by atoms with van der Waals surface area (Å²) in [5, 5.41) is 2.96. The van der Waals surface area contributed by atoms with Gasteiger partial charge >= 0.3 is 6.09 Å². The highest BCUT2D eigenvalue weighted by atomic mass is 32.1. The zero-order valence-corrected chi connectivity index (χ0v) is 22.2. The minimum Gasteiger partial charge on any atom is -0.494 e. The minimum atomic E-state index is -0.685. The topological polar surface area (TPSA) is 72.2 Å². The molecule has 0 bridgehead atoms. The maximum absolute atomic E-state index is 14.5. The number of rotatable bonds is 5. The monoisotopic (exact) mass is 539 g/mol. The summed E-state index contributed by atoms with van der Waals surface area (Å²) in [6.45, 7) is 13.3. The van der Waals surface area contributed by atoms with Crippen molar-refractivity contribution < 1.29 is 27.8 Å². The summed E-state index contributed by atoms with van der Waals surface area (Å²) in [6.07, 6.45) is 0.143. The van der Waals surface area contributed by atoms with Gasteiger partial charge in [-0.3, -0.25) is 4.79 Å². The van der Waals surface area contributed by atoms with Gasteiger partial charge in [0, 0.05) is 29.6 Å². The number of halogens is 2. The van der Waals surface area contributed by atoms with Gasteiger partial charge in [-0.1, -0.05) is 12.1 Å². The van der Waals surface area contributed by atoms with Gasteiger partial charge in [0.05, 0.1) is 18.6 Å². The number of hydrogen-bond donors (Lipinski definition) is 1. The zero-order valence-electron chi connectivity index (χ0n) is 21.4. The van der Waals surface area contributed by atoms with E-state index in [1.165, 1.54) is 31.4 Å². The van der Waals surface area contributed by atoms with Gasteiger partial charge < -0.3 is 19.7 Å². The van der Waals surface area contributed by atoms with Crippen molar-refractivity contribution in [2.75, 3.05) is 20.2 Å². The van der Waals surface area contributed by atoms with E-state index in [-0.39, 0.29) is 23.4 Å². The van der Waals surface area contributed by atoms with Crippen LogP contribution in [0.5, 0.6) is 5.75 Å². The van der Waals surface area contributed by atoms with Crippen LogP contribution in [-0.4, -0.2) is 48.7 Å². The predicted octanol–water partition coefficient (Wildman–Crippen LogP) is 6.66. The van der Waals surface area contributed by atoms with Crippen LogP contribution in [0.1, 0.15) is 36.9 Å². The van der Waals surface area contributed by atoms with E-state index in [9.17, 15) is 18.4 Å². The van der Waals surface area contributed by atoms with Crippen LogP contribution in [0.15, 0.2) is 42.5 Å². The van der Waals surface area contributed by atoms with E-state index in [1.807, 2.05) is 0 Å². The van der Waals surface area contributed by atoms with E-state index >= 15 is 0 Å². The molecule has 10 heteroatoms. The number of hydrogen-bond acceptors (Lipinski definition) is 5. The molecule has 1 aliphatic heterocycles. The number of carbonyl (C=O) groups excluding carboxylic acids is 2. The molecule has 0 radical (unpaired) electrons. The maximum atomic E-state index is 14.5. The van der Waals surface area contributed by atoms with Crippen molar-refractivity contribution in [2.45, 2.75) is 38.8 Å². The first-order chi connectivity index (χ1) is 18.0. The molecule has 0 saturated carbocycles. The standard InChI is InChI=1S/C28H27F2N3O4S/c1-28(2,3)37-27(35)33-11-10-18(15-33)32-26(34)24-14-19(16-6-8-22(31-4)20(29)12-16)25(38-24)17-7-9-23(36-5)21(30)13-17/h6-9,12-14,18H,10-11,15H2,1-3,5H3,(H,32,34)/t18-/m1/s1. The summed E-state index contributed by atoms with van der Waals surface area (Å²) in [6, 6.07) is 10.0. The van der Waals surface area contributed by atoms with Crippen LogP contribution >= 0.6 is 11.3 Å². The Morgan fingerprint density at radius 3 is 2.45 bits per heavy atom. The number of likely N-dealkylation sites (tertiary alicyclic amines) is 1. The van der Waals surface area contributed by atoms with Crippen LogP contribution in [0.2, 0.25) is 0 Å². The van der Waals surface area contributed by atoms with Crippen LogP contribution in [0.25, 0.3) is 26.4 Å². The van der Waals surface area contributed by atoms with Gasteiger partial charge in [-0.2, -0.15) is 0 Å². The first kappa shape index (κ1) is 27.1. The van der Waals surface area contributed by atoms with Gasteiger partial charge in [0.15, 0.2) is 11.6 Å². The van der Waals surface area contributed by atoms with Crippen LogP contribution in [-0.2, 0) is 4.74 Å². The Hall–Kier alpha value is -3.97. The molecule has 1 aromatic heterocycles. The molecule has 38 heavy (non-hydrogen) atoms. The fourth-order valence-electron chi connectivity index (χ4n) is 4.13. The minimum absolute atomic E-state index is 0.0769. The van der Waals surface area contributed by atoms with E-state index < -0.39 is 23.3 Å². The zero-order chi connectivity index (χ0) is 27.6. The lowest BCUT2D eigenvalue weighted by molar-refractivity contribution is 0.0290. The smallest absolute Gasteiger partial charge is 0.410 e. The second kappa shape index (κ2) is 10.8. The fraction of sp³-hybridized carbons (Fsp3) is 0.321. The Labute approximate surface area is 223 Å². The van der Waals surface area contributed by atoms with Gasteiger partial charge in [-0.15, -0.1) is 11.3 Å². The molecule has 198 valence electrons. The van der Waals surface area contributed by atoms with Crippen molar-refractivity contribution in [3.05, 3.63) is 70.4 Å².